The van der Waals surface area contributed by atoms with Crippen LogP contribution in [0.2, 0.25) is 0 Å². The van der Waals surface area contributed by atoms with Crippen LogP contribution in [0.4, 0.5) is 0 Å². The largest absolute Gasteiger partial charge is 0.492 e. The van der Waals surface area contributed by atoms with Gasteiger partial charge in [0.1, 0.15) is 18.1 Å². The Balaban J connectivity index is 1.53. The van der Waals surface area contributed by atoms with Crippen LogP contribution in [0.1, 0.15) is 20.8 Å². The smallest absolute Gasteiger partial charge is 0.274 e. The van der Waals surface area contributed by atoms with Gasteiger partial charge in [0, 0.05) is 17.1 Å². The molecule has 0 atom stereocenters. The van der Waals surface area contributed by atoms with E-state index in [0.29, 0.717) is 23.6 Å². The van der Waals surface area contributed by atoms with Crippen molar-refractivity contribution >= 4 is 22.6 Å². The van der Waals surface area contributed by atoms with Crippen molar-refractivity contribution in [3.63, 3.8) is 0 Å². The van der Waals surface area contributed by atoms with Gasteiger partial charge in [0.15, 0.2) is 0 Å². The molecule has 1 aromatic heterocycles. The van der Waals surface area contributed by atoms with Gasteiger partial charge >= 0.3 is 0 Å². The number of fused-ring (bicyclic) bond motifs is 1. The molecule has 3 rings (SSSR count). The van der Waals surface area contributed by atoms with Crippen LogP contribution < -0.4 is 15.5 Å². The van der Waals surface area contributed by atoms with Crippen LogP contribution in [0.3, 0.4) is 0 Å². The van der Waals surface area contributed by atoms with E-state index in [1.54, 1.807) is 23.8 Å². The molecule has 1 heterocycles. The molecule has 7 heteroatoms. The number of nitrogens with zero attached hydrogens (tertiary/aromatic N) is 1. The van der Waals surface area contributed by atoms with Gasteiger partial charge in [-0.2, -0.15) is 0 Å². The van der Waals surface area contributed by atoms with E-state index in [4.69, 9.17) is 9.94 Å². The van der Waals surface area contributed by atoms with Crippen molar-refractivity contribution in [3.05, 3.63) is 72.1 Å². The van der Waals surface area contributed by atoms with Crippen LogP contribution in [-0.2, 0) is 0 Å². The number of hydrogen-bond donors (Lipinski definition) is 3. The molecule has 2 aromatic carbocycles. The summed E-state index contributed by atoms with van der Waals surface area (Å²) in [5, 5.41) is 13.1. The SMILES string of the molecule is O=C(NO)c1ccc(OCCNC(=O)c2nccc3ccccc23)cc1. The first-order chi connectivity index (χ1) is 12.7. The normalized spacial score (nSPS) is 10.3. The predicted molar refractivity (Wildman–Crippen MR) is 95.3 cm³/mol. The lowest BCUT2D eigenvalue weighted by atomic mass is 10.1. The zero-order valence-electron chi connectivity index (χ0n) is 13.8. The van der Waals surface area contributed by atoms with Crippen LogP contribution in [-0.4, -0.2) is 35.2 Å². The lowest BCUT2D eigenvalue weighted by Crippen LogP contribution is -2.29. The first kappa shape index (κ1) is 17.4. The molecule has 0 unspecified atom stereocenters. The van der Waals surface area contributed by atoms with E-state index in [1.807, 2.05) is 30.3 Å². The average Bonchev–Trinajstić information content (AvgIpc) is 2.70. The highest BCUT2D eigenvalue weighted by atomic mass is 16.5. The molecule has 0 spiro atoms. The van der Waals surface area contributed by atoms with Gasteiger partial charge in [0.25, 0.3) is 11.8 Å². The second kappa shape index (κ2) is 8.09. The Morgan fingerprint density at radius 1 is 1.00 bits per heavy atom. The van der Waals surface area contributed by atoms with Crippen molar-refractivity contribution in [2.45, 2.75) is 0 Å². The van der Waals surface area contributed by atoms with E-state index in [1.165, 1.54) is 12.1 Å². The number of ether oxygens (including phenoxy) is 1. The Bertz CT molecular complexity index is 920. The third-order valence-electron chi connectivity index (χ3n) is 3.76. The molecule has 3 aromatic rings. The van der Waals surface area contributed by atoms with Gasteiger partial charge in [-0.1, -0.05) is 24.3 Å². The molecule has 3 N–H and O–H groups in total. The molecular weight excluding hydrogens is 334 g/mol. The summed E-state index contributed by atoms with van der Waals surface area (Å²) in [6.45, 7) is 0.574. The number of aromatic nitrogens is 1. The maximum Gasteiger partial charge on any atom is 0.274 e. The minimum Gasteiger partial charge on any atom is -0.492 e. The molecule has 0 saturated heterocycles. The maximum absolute atomic E-state index is 12.3. The summed E-state index contributed by atoms with van der Waals surface area (Å²) < 4.78 is 5.52. The first-order valence-corrected chi connectivity index (χ1v) is 7.98. The lowest BCUT2D eigenvalue weighted by molar-refractivity contribution is 0.0706. The third-order valence-corrected chi connectivity index (χ3v) is 3.76. The van der Waals surface area contributed by atoms with E-state index < -0.39 is 5.91 Å². The quantitative estimate of drug-likeness (QED) is 0.359. The molecule has 2 amide bonds. The van der Waals surface area contributed by atoms with Crippen molar-refractivity contribution in [1.82, 2.24) is 15.8 Å². The Hall–Kier alpha value is -3.45. The number of benzene rings is 2. The molecule has 0 aliphatic carbocycles. The summed E-state index contributed by atoms with van der Waals surface area (Å²) in [6.07, 6.45) is 1.61. The number of carbonyl (C=O) groups excluding carboxylic acids is 2. The zero-order chi connectivity index (χ0) is 18.4. The van der Waals surface area contributed by atoms with E-state index in [0.717, 1.165) is 10.8 Å². The fourth-order valence-corrected chi connectivity index (χ4v) is 2.48. The number of amides is 2. The predicted octanol–water partition coefficient (Wildman–Crippen LogP) is 2.16. The van der Waals surface area contributed by atoms with Crippen molar-refractivity contribution in [1.29, 1.82) is 0 Å². The van der Waals surface area contributed by atoms with Crippen LogP contribution in [0.25, 0.3) is 10.8 Å². The molecular formula is C19H17N3O4. The number of carbonyl (C=O) groups is 2. The fraction of sp³-hybridized carbons (Fsp3) is 0.105. The van der Waals surface area contributed by atoms with E-state index in [2.05, 4.69) is 10.3 Å². The van der Waals surface area contributed by atoms with Crippen molar-refractivity contribution in [2.24, 2.45) is 0 Å². The van der Waals surface area contributed by atoms with Crippen molar-refractivity contribution < 1.29 is 19.5 Å². The summed E-state index contributed by atoms with van der Waals surface area (Å²) in [5.74, 6) is -0.302. The molecule has 7 nitrogen and oxygen atoms in total. The van der Waals surface area contributed by atoms with Gasteiger partial charge in [-0.3, -0.25) is 19.8 Å². The fourth-order valence-electron chi connectivity index (χ4n) is 2.48. The van der Waals surface area contributed by atoms with Gasteiger partial charge in [0.05, 0.1) is 6.54 Å². The molecule has 0 fully saturated rings. The average molecular weight is 351 g/mol. The van der Waals surface area contributed by atoms with Crippen LogP contribution in [0.5, 0.6) is 5.75 Å². The van der Waals surface area contributed by atoms with Gasteiger partial charge in [-0.05, 0) is 35.7 Å². The number of pyridine rings is 1. The van der Waals surface area contributed by atoms with Crippen LogP contribution in [0.15, 0.2) is 60.8 Å². The topological polar surface area (TPSA) is 101 Å². The molecule has 0 aliphatic heterocycles. The molecule has 132 valence electrons. The minimum absolute atomic E-state index is 0.264. The molecule has 0 radical (unpaired) electrons. The second-order valence-corrected chi connectivity index (χ2v) is 5.45. The Kier molecular flexibility index (Phi) is 5.40. The van der Waals surface area contributed by atoms with Crippen molar-refractivity contribution in [2.75, 3.05) is 13.2 Å². The second-order valence-electron chi connectivity index (χ2n) is 5.45. The van der Waals surface area contributed by atoms with Gasteiger partial charge in [-0.15, -0.1) is 0 Å². The Morgan fingerprint density at radius 2 is 1.77 bits per heavy atom. The van der Waals surface area contributed by atoms with Gasteiger partial charge in [0.2, 0.25) is 0 Å². The van der Waals surface area contributed by atoms with E-state index in [9.17, 15) is 9.59 Å². The van der Waals surface area contributed by atoms with Gasteiger partial charge < -0.3 is 10.1 Å². The molecule has 0 aliphatic rings. The molecule has 26 heavy (non-hydrogen) atoms. The minimum atomic E-state index is -0.591. The third kappa shape index (κ3) is 3.96. The highest BCUT2D eigenvalue weighted by molar-refractivity contribution is 6.05. The zero-order valence-corrected chi connectivity index (χ0v) is 13.8. The van der Waals surface area contributed by atoms with E-state index >= 15 is 0 Å². The number of hydroxylamine groups is 1. The number of hydrogen-bond acceptors (Lipinski definition) is 5. The molecule has 0 bridgehead atoms. The standard InChI is InChI=1S/C19H17N3O4/c23-18(22-25)14-5-7-15(8-6-14)26-12-11-21-19(24)17-16-4-2-1-3-13(16)9-10-20-17/h1-10,25H,11-12H2,(H,21,24)(H,22,23). The number of rotatable bonds is 6. The van der Waals surface area contributed by atoms with Crippen molar-refractivity contribution in [3.8, 4) is 5.75 Å². The monoisotopic (exact) mass is 351 g/mol. The summed E-state index contributed by atoms with van der Waals surface area (Å²) >= 11 is 0. The summed E-state index contributed by atoms with van der Waals surface area (Å²) in [4.78, 5) is 27.7. The Labute approximate surface area is 149 Å². The highest BCUT2D eigenvalue weighted by Crippen LogP contribution is 2.16. The number of nitrogens with one attached hydrogen (secondary N) is 2. The first-order valence-electron chi connectivity index (χ1n) is 7.98. The summed E-state index contributed by atoms with van der Waals surface area (Å²) in [6, 6.07) is 15.7. The Morgan fingerprint density at radius 3 is 2.54 bits per heavy atom. The molecule has 0 saturated carbocycles. The summed E-state index contributed by atoms with van der Waals surface area (Å²) in [7, 11) is 0. The van der Waals surface area contributed by atoms with Gasteiger partial charge in [-0.25, -0.2) is 5.48 Å². The maximum atomic E-state index is 12.3. The van der Waals surface area contributed by atoms with E-state index in [-0.39, 0.29) is 12.5 Å². The van der Waals surface area contributed by atoms with Crippen LogP contribution >= 0.6 is 0 Å². The summed E-state index contributed by atoms with van der Waals surface area (Å²) in [5.41, 5.74) is 2.25. The van der Waals surface area contributed by atoms with Crippen LogP contribution in [0, 0.1) is 0 Å². The highest BCUT2D eigenvalue weighted by Gasteiger charge is 2.10. The lowest BCUT2D eigenvalue weighted by Gasteiger charge is -2.09.